The lowest BCUT2D eigenvalue weighted by Gasteiger charge is -2.30. The van der Waals surface area contributed by atoms with E-state index in [1.807, 2.05) is 11.8 Å². The Morgan fingerprint density at radius 2 is 2.06 bits per heavy atom. The summed E-state index contributed by atoms with van der Waals surface area (Å²) in [7, 11) is 2.15. The highest BCUT2D eigenvalue weighted by Crippen LogP contribution is 2.21. The fourth-order valence-electron chi connectivity index (χ4n) is 2.09. The quantitative estimate of drug-likeness (QED) is 0.757. The van der Waals surface area contributed by atoms with Crippen molar-refractivity contribution in [2.45, 2.75) is 25.8 Å². The number of anilines is 1. The van der Waals surface area contributed by atoms with E-state index in [2.05, 4.69) is 49.4 Å². The first kappa shape index (κ1) is 14.4. The van der Waals surface area contributed by atoms with Gasteiger partial charge in [0.15, 0.2) is 0 Å². The zero-order chi connectivity index (χ0) is 12.7. The minimum Gasteiger partial charge on any atom is -0.370 e. The van der Waals surface area contributed by atoms with Crippen molar-refractivity contribution >= 4 is 17.4 Å². The monoisotopic (exact) mass is 252 g/mol. The maximum absolute atomic E-state index is 5.89. The number of benzene rings is 1. The van der Waals surface area contributed by atoms with Crippen LogP contribution >= 0.6 is 11.8 Å². The molecule has 1 atom stereocenters. The van der Waals surface area contributed by atoms with Gasteiger partial charge in [0.25, 0.3) is 0 Å². The Bertz CT molecular complexity index is 328. The van der Waals surface area contributed by atoms with E-state index in [9.17, 15) is 0 Å². The van der Waals surface area contributed by atoms with Crippen LogP contribution in [0.5, 0.6) is 0 Å². The van der Waals surface area contributed by atoms with Gasteiger partial charge >= 0.3 is 0 Å². The molecule has 17 heavy (non-hydrogen) atoms. The lowest BCUT2D eigenvalue weighted by Crippen LogP contribution is -2.38. The maximum atomic E-state index is 5.89. The average molecular weight is 252 g/mol. The minimum absolute atomic E-state index is 0.447. The van der Waals surface area contributed by atoms with Gasteiger partial charge in [0.2, 0.25) is 0 Å². The summed E-state index contributed by atoms with van der Waals surface area (Å²) < 4.78 is 0. The van der Waals surface area contributed by atoms with Gasteiger partial charge in [-0.05, 0) is 43.4 Å². The number of thioether (sulfide) groups is 1. The van der Waals surface area contributed by atoms with Crippen LogP contribution in [0.3, 0.4) is 0 Å². The molecule has 0 aliphatic carbocycles. The molecule has 1 rings (SSSR count). The van der Waals surface area contributed by atoms with Crippen LogP contribution < -0.4 is 10.6 Å². The summed E-state index contributed by atoms with van der Waals surface area (Å²) in [6.07, 6.45) is 4.56. The first-order valence-electron chi connectivity index (χ1n) is 6.18. The Morgan fingerprint density at radius 3 is 2.65 bits per heavy atom. The van der Waals surface area contributed by atoms with Crippen molar-refractivity contribution in [1.82, 2.24) is 0 Å². The molecule has 0 aromatic heterocycles. The van der Waals surface area contributed by atoms with Crippen LogP contribution in [0.15, 0.2) is 24.3 Å². The lowest BCUT2D eigenvalue weighted by atomic mass is 10.1. The number of rotatable bonds is 7. The van der Waals surface area contributed by atoms with Crippen LogP contribution in [0.4, 0.5) is 5.69 Å². The van der Waals surface area contributed by atoms with E-state index < -0.39 is 0 Å². The molecule has 0 saturated carbocycles. The lowest BCUT2D eigenvalue weighted by molar-refractivity contribution is 0.582. The first-order chi connectivity index (χ1) is 8.20. The van der Waals surface area contributed by atoms with Crippen LogP contribution in [0.2, 0.25) is 0 Å². The molecule has 0 aliphatic rings. The van der Waals surface area contributed by atoms with Crippen molar-refractivity contribution in [3.63, 3.8) is 0 Å². The predicted molar refractivity (Wildman–Crippen MR) is 80.0 cm³/mol. The summed E-state index contributed by atoms with van der Waals surface area (Å²) in [5.41, 5.74) is 8.51. The van der Waals surface area contributed by atoms with Crippen molar-refractivity contribution in [3.05, 3.63) is 29.8 Å². The predicted octanol–water partition coefficient (Wildman–Crippen LogP) is 2.90. The summed E-state index contributed by atoms with van der Waals surface area (Å²) in [5, 5.41) is 0. The van der Waals surface area contributed by atoms with Gasteiger partial charge in [-0.3, -0.25) is 0 Å². The molecule has 96 valence electrons. The van der Waals surface area contributed by atoms with E-state index >= 15 is 0 Å². The van der Waals surface area contributed by atoms with Crippen molar-refractivity contribution in [2.75, 3.05) is 30.5 Å². The van der Waals surface area contributed by atoms with Gasteiger partial charge in [-0.2, -0.15) is 11.8 Å². The van der Waals surface area contributed by atoms with Crippen molar-refractivity contribution in [1.29, 1.82) is 0 Å². The number of aryl methyl sites for hydroxylation is 1. The number of likely N-dealkylation sites (N-methyl/N-ethyl adjacent to an activating group) is 1. The second-order valence-electron chi connectivity index (χ2n) is 4.42. The molecular weight excluding hydrogens is 228 g/mol. The highest BCUT2D eigenvalue weighted by atomic mass is 32.2. The molecule has 0 radical (unpaired) electrons. The normalized spacial score (nSPS) is 12.5. The summed E-state index contributed by atoms with van der Waals surface area (Å²) in [6, 6.07) is 8.95. The van der Waals surface area contributed by atoms with Crippen LogP contribution in [0.25, 0.3) is 0 Å². The van der Waals surface area contributed by atoms with E-state index in [-0.39, 0.29) is 0 Å². The maximum Gasteiger partial charge on any atom is 0.0409 e. The van der Waals surface area contributed by atoms with E-state index in [1.54, 1.807) is 0 Å². The molecule has 0 amide bonds. The summed E-state index contributed by atoms with van der Waals surface area (Å²) in [5.74, 6) is 1.22. The molecule has 1 aromatic carbocycles. The molecule has 0 bridgehead atoms. The second-order valence-corrected chi connectivity index (χ2v) is 5.41. The highest BCUT2D eigenvalue weighted by Gasteiger charge is 2.14. The number of para-hydroxylation sites is 1. The molecule has 0 fully saturated rings. The second kappa shape index (κ2) is 7.62. The van der Waals surface area contributed by atoms with Gasteiger partial charge in [0.05, 0.1) is 0 Å². The zero-order valence-electron chi connectivity index (χ0n) is 11.1. The van der Waals surface area contributed by atoms with E-state index in [0.29, 0.717) is 6.04 Å². The standard InChI is InChI=1S/C14H24N2S/c1-12-7-4-5-9-14(12)16(2)13(11-15)8-6-10-17-3/h4-5,7,9,13H,6,8,10-11,15H2,1-3H3. The molecular formula is C14H24N2S. The fraction of sp³-hybridized carbons (Fsp3) is 0.571. The van der Waals surface area contributed by atoms with Crippen molar-refractivity contribution < 1.29 is 0 Å². The third-order valence-electron chi connectivity index (χ3n) is 3.20. The third-order valence-corrected chi connectivity index (χ3v) is 3.90. The van der Waals surface area contributed by atoms with Crippen LogP contribution in [0.1, 0.15) is 18.4 Å². The van der Waals surface area contributed by atoms with Crippen LogP contribution in [-0.2, 0) is 0 Å². The Hall–Kier alpha value is -0.670. The minimum atomic E-state index is 0.447. The SMILES string of the molecule is CSCCCC(CN)N(C)c1ccccc1C. The molecule has 0 aliphatic heterocycles. The van der Waals surface area contributed by atoms with E-state index in [0.717, 1.165) is 6.54 Å². The molecule has 3 heteroatoms. The third kappa shape index (κ3) is 4.25. The summed E-state index contributed by atoms with van der Waals surface area (Å²) >= 11 is 1.91. The molecule has 0 heterocycles. The van der Waals surface area contributed by atoms with Gasteiger partial charge < -0.3 is 10.6 Å². The van der Waals surface area contributed by atoms with Crippen LogP contribution in [-0.4, -0.2) is 31.6 Å². The largest absolute Gasteiger partial charge is 0.370 e. The van der Waals surface area contributed by atoms with Gasteiger partial charge in [0.1, 0.15) is 0 Å². The molecule has 0 spiro atoms. The van der Waals surface area contributed by atoms with Gasteiger partial charge in [-0.1, -0.05) is 18.2 Å². The van der Waals surface area contributed by atoms with E-state index in [1.165, 1.54) is 29.8 Å². The molecule has 0 saturated heterocycles. The zero-order valence-corrected chi connectivity index (χ0v) is 12.0. The number of nitrogens with two attached hydrogens (primary N) is 1. The van der Waals surface area contributed by atoms with Crippen LogP contribution in [0, 0.1) is 6.92 Å². The Kier molecular flexibility index (Phi) is 6.45. The van der Waals surface area contributed by atoms with Gasteiger partial charge in [-0.15, -0.1) is 0 Å². The number of hydrogen-bond donors (Lipinski definition) is 1. The first-order valence-corrected chi connectivity index (χ1v) is 7.57. The van der Waals surface area contributed by atoms with Gasteiger partial charge in [-0.25, -0.2) is 0 Å². The number of nitrogens with zero attached hydrogens (tertiary/aromatic N) is 1. The summed E-state index contributed by atoms with van der Waals surface area (Å²) in [4.78, 5) is 2.33. The molecule has 1 unspecified atom stereocenters. The smallest absolute Gasteiger partial charge is 0.0409 e. The molecule has 1 aromatic rings. The van der Waals surface area contributed by atoms with Crippen molar-refractivity contribution in [3.8, 4) is 0 Å². The Morgan fingerprint density at radius 1 is 1.35 bits per heavy atom. The van der Waals surface area contributed by atoms with Crippen molar-refractivity contribution in [2.24, 2.45) is 5.73 Å². The summed E-state index contributed by atoms with van der Waals surface area (Å²) in [6.45, 7) is 2.88. The fourth-order valence-corrected chi connectivity index (χ4v) is 2.54. The topological polar surface area (TPSA) is 29.3 Å². The highest BCUT2D eigenvalue weighted by molar-refractivity contribution is 7.98. The Balaban J connectivity index is 2.65. The number of hydrogen-bond acceptors (Lipinski definition) is 3. The average Bonchev–Trinajstić information content (AvgIpc) is 2.35. The Labute approximate surface area is 110 Å². The molecule has 2 nitrogen and oxygen atoms in total. The van der Waals surface area contributed by atoms with E-state index in [4.69, 9.17) is 5.73 Å². The van der Waals surface area contributed by atoms with Gasteiger partial charge in [0, 0.05) is 25.3 Å². The molecule has 2 N–H and O–H groups in total.